The third kappa shape index (κ3) is 3.40. The van der Waals surface area contributed by atoms with Gasteiger partial charge in [0.1, 0.15) is 23.9 Å². The van der Waals surface area contributed by atoms with Gasteiger partial charge in [-0.05, 0) is 61.8 Å². The Labute approximate surface area is 204 Å². The number of thioether (sulfide) groups is 1. The van der Waals surface area contributed by atoms with Gasteiger partial charge in [-0.2, -0.15) is 0 Å². The molecule has 4 aromatic rings. The minimum Gasteiger partial charge on any atom is -0.486 e. The van der Waals surface area contributed by atoms with E-state index in [1.807, 2.05) is 17.4 Å². The van der Waals surface area contributed by atoms with E-state index in [-0.39, 0.29) is 11.5 Å². The number of rotatable bonds is 5. The molecule has 4 heterocycles. The van der Waals surface area contributed by atoms with Crippen LogP contribution in [0.5, 0.6) is 11.5 Å². The second-order valence-corrected chi connectivity index (χ2v) is 11.5. The van der Waals surface area contributed by atoms with Gasteiger partial charge >= 0.3 is 0 Å². The molecule has 0 amide bonds. The Kier molecular flexibility index (Phi) is 4.84. The van der Waals surface area contributed by atoms with E-state index in [4.69, 9.17) is 14.5 Å². The zero-order valence-electron chi connectivity index (χ0n) is 18.9. The van der Waals surface area contributed by atoms with Crippen molar-refractivity contribution in [2.24, 2.45) is 5.92 Å². The van der Waals surface area contributed by atoms with Gasteiger partial charge in [0.15, 0.2) is 28.1 Å². The Morgan fingerprint density at radius 1 is 1.18 bits per heavy atom. The summed E-state index contributed by atoms with van der Waals surface area (Å²) in [4.78, 5) is 20.7. The van der Waals surface area contributed by atoms with Crippen molar-refractivity contribution in [3.8, 4) is 11.5 Å². The van der Waals surface area contributed by atoms with E-state index in [1.165, 1.54) is 34.0 Å². The molecular formula is C25H24N4O3S2. The first-order chi connectivity index (χ1) is 16.7. The number of aromatic nitrogens is 4. The van der Waals surface area contributed by atoms with Crippen LogP contribution in [0, 0.1) is 5.92 Å². The molecule has 0 unspecified atom stereocenters. The van der Waals surface area contributed by atoms with Crippen LogP contribution in [0.15, 0.2) is 23.4 Å². The molecule has 1 aromatic carbocycles. The van der Waals surface area contributed by atoms with Crippen molar-refractivity contribution in [1.29, 1.82) is 0 Å². The maximum Gasteiger partial charge on any atom is 0.197 e. The van der Waals surface area contributed by atoms with E-state index in [9.17, 15) is 4.79 Å². The number of fused-ring (bicyclic) bond motifs is 6. The van der Waals surface area contributed by atoms with Crippen molar-refractivity contribution in [3.63, 3.8) is 0 Å². The Bertz CT molecular complexity index is 1460. The van der Waals surface area contributed by atoms with Crippen molar-refractivity contribution in [2.75, 3.05) is 19.0 Å². The predicted octanol–water partition coefficient (Wildman–Crippen LogP) is 5.09. The maximum absolute atomic E-state index is 13.0. The SMILES string of the molecule is C[C@H]1CCc2c(sc3nc(C4CC4)n4c(SCC(=O)c5ccc6c(c5)OCCO6)nnc4c23)C1. The normalized spacial score (nSPS) is 19.5. The van der Waals surface area contributed by atoms with Crippen LogP contribution in [0.25, 0.3) is 15.9 Å². The highest BCUT2D eigenvalue weighted by Crippen LogP contribution is 2.44. The van der Waals surface area contributed by atoms with E-state index in [0.717, 1.165) is 53.1 Å². The molecule has 9 heteroatoms. The molecule has 174 valence electrons. The molecule has 0 N–H and O–H groups in total. The Morgan fingerprint density at radius 2 is 2.03 bits per heavy atom. The molecule has 0 radical (unpaired) electrons. The van der Waals surface area contributed by atoms with Crippen molar-refractivity contribution in [1.82, 2.24) is 19.6 Å². The highest BCUT2D eigenvalue weighted by atomic mass is 32.2. The minimum atomic E-state index is 0.0302. The van der Waals surface area contributed by atoms with Gasteiger partial charge in [0.05, 0.1) is 11.1 Å². The summed E-state index contributed by atoms with van der Waals surface area (Å²) >= 11 is 3.27. The van der Waals surface area contributed by atoms with Crippen LogP contribution in [0.1, 0.15) is 58.7 Å². The van der Waals surface area contributed by atoms with Gasteiger partial charge in [-0.1, -0.05) is 18.7 Å². The maximum atomic E-state index is 13.0. The molecule has 1 saturated carbocycles. The van der Waals surface area contributed by atoms with Crippen LogP contribution in [0.2, 0.25) is 0 Å². The molecule has 3 aliphatic rings. The molecule has 7 rings (SSSR count). The summed E-state index contributed by atoms with van der Waals surface area (Å²) < 4.78 is 13.3. The highest BCUT2D eigenvalue weighted by molar-refractivity contribution is 7.99. The summed E-state index contributed by atoms with van der Waals surface area (Å²) in [6, 6.07) is 5.39. The van der Waals surface area contributed by atoms with E-state index < -0.39 is 0 Å². The lowest BCUT2D eigenvalue weighted by atomic mass is 9.89. The fourth-order valence-electron chi connectivity index (χ4n) is 4.98. The molecule has 0 bridgehead atoms. The fraction of sp³-hybridized carbons (Fsp3) is 0.440. The Balaban J connectivity index is 1.24. The zero-order chi connectivity index (χ0) is 22.8. The molecule has 1 atom stereocenters. The van der Waals surface area contributed by atoms with Crippen LogP contribution < -0.4 is 9.47 Å². The van der Waals surface area contributed by atoms with Crippen LogP contribution in [-0.2, 0) is 12.8 Å². The minimum absolute atomic E-state index is 0.0302. The van der Waals surface area contributed by atoms with Gasteiger partial charge in [0.2, 0.25) is 0 Å². The smallest absolute Gasteiger partial charge is 0.197 e. The highest BCUT2D eigenvalue weighted by Gasteiger charge is 2.32. The monoisotopic (exact) mass is 492 g/mol. The summed E-state index contributed by atoms with van der Waals surface area (Å²) in [6.07, 6.45) is 5.70. The largest absolute Gasteiger partial charge is 0.486 e. The number of ketones is 1. The van der Waals surface area contributed by atoms with Crippen molar-refractivity contribution < 1.29 is 14.3 Å². The quantitative estimate of drug-likeness (QED) is 0.284. The average Bonchev–Trinajstić information content (AvgIpc) is 3.52. The van der Waals surface area contributed by atoms with Crippen LogP contribution in [0.4, 0.5) is 0 Å². The number of benzene rings is 1. The second-order valence-electron chi connectivity index (χ2n) is 9.49. The number of thiophene rings is 1. The van der Waals surface area contributed by atoms with Gasteiger partial charge < -0.3 is 9.47 Å². The summed E-state index contributed by atoms with van der Waals surface area (Å²) in [7, 11) is 0. The average molecular weight is 493 g/mol. The number of carbonyl (C=O) groups excluding carboxylic acids is 1. The Hall–Kier alpha value is -2.65. The molecule has 7 nitrogen and oxygen atoms in total. The number of nitrogens with zero attached hydrogens (tertiary/aromatic N) is 4. The van der Waals surface area contributed by atoms with Crippen molar-refractivity contribution in [2.45, 2.75) is 50.1 Å². The van der Waals surface area contributed by atoms with Gasteiger partial charge in [-0.3, -0.25) is 9.20 Å². The molecule has 1 aliphatic heterocycles. The third-order valence-electron chi connectivity index (χ3n) is 6.93. The lowest BCUT2D eigenvalue weighted by Gasteiger charge is -2.18. The van der Waals surface area contributed by atoms with Crippen LogP contribution >= 0.6 is 23.1 Å². The lowest BCUT2D eigenvalue weighted by Crippen LogP contribution is -2.16. The topological polar surface area (TPSA) is 78.6 Å². The van der Waals surface area contributed by atoms with Crippen molar-refractivity contribution in [3.05, 3.63) is 40.0 Å². The van der Waals surface area contributed by atoms with E-state index in [0.29, 0.717) is 36.2 Å². The molecule has 1 fully saturated rings. The summed E-state index contributed by atoms with van der Waals surface area (Å²) in [5.74, 6) is 3.85. The third-order valence-corrected chi connectivity index (χ3v) is 9.01. The number of ether oxygens (including phenoxy) is 2. The fourth-order valence-corrected chi connectivity index (χ4v) is 7.20. The molecule has 2 aliphatic carbocycles. The van der Waals surface area contributed by atoms with E-state index >= 15 is 0 Å². The molecule has 34 heavy (non-hydrogen) atoms. The lowest BCUT2D eigenvalue weighted by molar-refractivity contribution is 0.102. The standard InChI is InChI=1S/C25H24N4O3S2/c1-13-2-6-16-20(10-13)34-24-21(16)23-27-28-25(29(23)22(26-24)14-3-4-14)33-12-17(30)15-5-7-18-19(11-15)32-9-8-31-18/h5,7,11,13-14H,2-4,6,8-10,12H2,1H3/t13-/m0/s1. The number of hydrogen-bond donors (Lipinski definition) is 0. The number of Topliss-reactive ketones (excluding diaryl/α,β-unsaturated/α-hetero) is 1. The van der Waals surface area contributed by atoms with Gasteiger partial charge in [-0.15, -0.1) is 21.5 Å². The first-order valence-corrected chi connectivity index (χ1v) is 13.7. The first kappa shape index (κ1) is 20.7. The van der Waals surface area contributed by atoms with Gasteiger partial charge in [0, 0.05) is 16.4 Å². The van der Waals surface area contributed by atoms with E-state index in [1.54, 1.807) is 12.1 Å². The Morgan fingerprint density at radius 3 is 2.88 bits per heavy atom. The van der Waals surface area contributed by atoms with Crippen molar-refractivity contribution >= 4 is 44.7 Å². The second kappa shape index (κ2) is 7.95. The number of carbonyl (C=O) groups is 1. The molecule has 3 aromatic heterocycles. The zero-order valence-corrected chi connectivity index (χ0v) is 20.5. The van der Waals surface area contributed by atoms with Gasteiger partial charge in [0.25, 0.3) is 0 Å². The summed E-state index contributed by atoms with van der Waals surface area (Å²) in [5.41, 5.74) is 2.94. The first-order valence-electron chi connectivity index (χ1n) is 11.9. The predicted molar refractivity (Wildman–Crippen MR) is 132 cm³/mol. The summed E-state index contributed by atoms with van der Waals surface area (Å²) in [6.45, 7) is 3.37. The molecule has 0 saturated heterocycles. The number of aryl methyl sites for hydroxylation is 1. The molecule has 0 spiro atoms. The number of hydrogen-bond acceptors (Lipinski definition) is 8. The molecular weight excluding hydrogens is 468 g/mol. The van der Waals surface area contributed by atoms with Gasteiger partial charge in [-0.25, -0.2) is 4.98 Å². The van der Waals surface area contributed by atoms with Crippen LogP contribution in [0.3, 0.4) is 0 Å². The van der Waals surface area contributed by atoms with E-state index in [2.05, 4.69) is 21.5 Å². The summed E-state index contributed by atoms with van der Waals surface area (Å²) in [5, 5.41) is 11.1. The van der Waals surface area contributed by atoms with Crippen LogP contribution in [-0.4, -0.2) is 44.3 Å².